The van der Waals surface area contributed by atoms with Crippen LogP contribution in [-0.2, 0) is 6.54 Å². The molecule has 1 aliphatic heterocycles. The highest BCUT2D eigenvalue weighted by atomic mass is 32.1. The second-order valence-electron chi connectivity index (χ2n) is 6.69. The van der Waals surface area contributed by atoms with Crippen LogP contribution in [-0.4, -0.2) is 28.3 Å². The summed E-state index contributed by atoms with van der Waals surface area (Å²) in [6, 6.07) is 13.8. The van der Waals surface area contributed by atoms with Crippen molar-refractivity contribution in [2.24, 2.45) is 4.99 Å². The van der Waals surface area contributed by atoms with Crippen LogP contribution >= 0.6 is 11.3 Å². The number of halogens is 2. The van der Waals surface area contributed by atoms with E-state index in [4.69, 9.17) is 0 Å². The van der Waals surface area contributed by atoms with Crippen LogP contribution in [0.25, 0.3) is 5.69 Å². The number of aryl methyl sites for hydroxylation is 1. The third-order valence-electron chi connectivity index (χ3n) is 4.49. The summed E-state index contributed by atoms with van der Waals surface area (Å²) in [4.78, 5) is 20.1. The summed E-state index contributed by atoms with van der Waals surface area (Å²) in [5.41, 5.74) is 1.55. The second-order valence-corrected chi connectivity index (χ2v) is 7.90. The maximum atomic E-state index is 13.3. The predicted molar refractivity (Wildman–Crippen MR) is 108 cm³/mol. The van der Waals surface area contributed by atoms with Crippen LogP contribution in [0.1, 0.15) is 17.4 Å². The lowest BCUT2D eigenvalue weighted by molar-refractivity contribution is -0.286. The molecule has 9 heteroatoms. The second kappa shape index (κ2) is 7.91. The van der Waals surface area contributed by atoms with Crippen molar-refractivity contribution in [1.82, 2.24) is 9.47 Å². The van der Waals surface area contributed by atoms with Crippen molar-refractivity contribution >= 4 is 17.4 Å². The van der Waals surface area contributed by atoms with E-state index >= 15 is 0 Å². The van der Waals surface area contributed by atoms with Crippen LogP contribution in [0.3, 0.4) is 0 Å². The van der Waals surface area contributed by atoms with E-state index in [9.17, 15) is 13.6 Å². The first-order valence-electron chi connectivity index (χ1n) is 9.31. The smallest absolute Gasteiger partial charge is 0.395 e. The van der Waals surface area contributed by atoms with E-state index < -0.39 is 6.29 Å². The Kier molecular flexibility index (Phi) is 5.29. The van der Waals surface area contributed by atoms with E-state index in [2.05, 4.69) is 14.5 Å². The molecule has 0 spiro atoms. The average Bonchev–Trinajstić information content (AvgIpc) is 3.23. The summed E-state index contributed by atoms with van der Waals surface area (Å²) in [5, 5.41) is 0. The molecule has 0 radical (unpaired) electrons. The van der Waals surface area contributed by atoms with Gasteiger partial charge < -0.3 is 14.4 Å². The van der Waals surface area contributed by atoms with Crippen molar-refractivity contribution in [2.45, 2.75) is 26.7 Å². The molecular weight excluding hydrogens is 412 g/mol. The molecule has 2 heterocycles. The highest BCUT2D eigenvalue weighted by Crippen LogP contribution is 2.41. The standard InChI is InChI=1S/C21H19F2N3O3S/c1-3-25(13-15-7-5-4-6-8-15)19(27)24-20-26(12-14(2)30-20)16-9-10-17-18(11-16)29-21(22,23)28-17/h4-12H,3,13H2,1-2H3. The molecule has 0 saturated heterocycles. The number of ether oxygens (including phenoxy) is 2. The molecular formula is C21H19F2N3O3S. The molecule has 3 aromatic rings. The Morgan fingerprint density at radius 2 is 1.90 bits per heavy atom. The molecule has 6 nitrogen and oxygen atoms in total. The zero-order valence-electron chi connectivity index (χ0n) is 16.3. The molecule has 156 valence electrons. The molecule has 0 atom stereocenters. The van der Waals surface area contributed by atoms with Crippen LogP contribution in [0.15, 0.2) is 59.7 Å². The summed E-state index contributed by atoms with van der Waals surface area (Å²) in [5.74, 6) is -0.101. The van der Waals surface area contributed by atoms with Gasteiger partial charge in [0.2, 0.25) is 0 Å². The van der Waals surface area contributed by atoms with Crippen molar-refractivity contribution in [3.05, 3.63) is 70.0 Å². The molecule has 2 aromatic carbocycles. The third kappa shape index (κ3) is 4.20. The van der Waals surface area contributed by atoms with Gasteiger partial charge in [0.1, 0.15) is 0 Å². The van der Waals surface area contributed by atoms with E-state index in [0.717, 1.165) is 10.4 Å². The maximum absolute atomic E-state index is 13.3. The highest BCUT2D eigenvalue weighted by Gasteiger charge is 2.43. The van der Waals surface area contributed by atoms with E-state index in [-0.39, 0.29) is 17.5 Å². The van der Waals surface area contributed by atoms with Gasteiger partial charge in [-0.25, -0.2) is 4.79 Å². The Labute approximate surface area is 175 Å². The molecule has 0 unspecified atom stereocenters. The number of amides is 2. The Balaban J connectivity index is 1.65. The first-order valence-corrected chi connectivity index (χ1v) is 10.1. The summed E-state index contributed by atoms with van der Waals surface area (Å²) >= 11 is 1.33. The van der Waals surface area contributed by atoms with Crippen LogP contribution in [0.2, 0.25) is 0 Å². The fourth-order valence-electron chi connectivity index (χ4n) is 3.08. The fourth-order valence-corrected chi connectivity index (χ4v) is 3.90. The molecule has 0 bridgehead atoms. The number of hydrogen-bond acceptors (Lipinski definition) is 4. The van der Waals surface area contributed by atoms with Gasteiger partial charge in [-0.2, -0.15) is 4.99 Å². The largest absolute Gasteiger partial charge is 0.586 e. The average molecular weight is 431 g/mol. The van der Waals surface area contributed by atoms with Crippen LogP contribution in [0.4, 0.5) is 13.6 Å². The number of aromatic nitrogens is 1. The minimum absolute atomic E-state index is 0.0362. The minimum atomic E-state index is -3.68. The molecule has 0 fully saturated rings. The summed E-state index contributed by atoms with van der Waals surface area (Å²) in [7, 11) is 0. The maximum Gasteiger partial charge on any atom is 0.586 e. The molecule has 0 saturated carbocycles. The molecule has 4 rings (SSSR count). The summed E-state index contributed by atoms with van der Waals surface area (Å²) in [6.07, 6.45) is -1.89. The number of carbonyl (C=O) groups is 1. The number of thiazole rings is 1. The predicted octanol–water partition coefficient (Wildman–Crippen LogP) is 4.71. The van der Waals surface area contributed by atoms with Crippen molar-refractivity contribution in [1.29, 1.82) is 0 Å². The normalized spacial score (nSPS) is 14.7. The van der Waals surface area contributed by atoms with E-state index in [0.29, 0.717) is 23.6 Å². The SMILES string of the molecule is CCN(Cc1ccccc1)C(=O)N=c1sc(C)cn1-c1ccc2c(c1)OC(F)(F)O2. The molecule has 30 heavy (non-hydrogen) atoms. The Bertz CT molecular complexity index is 1140. The first-order chi connectivity index (χ1) is 14.3. The van der Waals surface area contributed by atoms with E-state index in [1.165, 1.54) is 23.5 Å². The third-order valence-corrected chi connectivity index (χ3v) is 5.39. The first kappa shape index (κ1) is 20.1. The quantitative estimate of drug-likeness (QED) is 0.601. The van der Waals surface area contributed by atoms with Crippen molar-refractivity contribution in [2.75, 3.05) is 6.54 Å². The lowest BCUT2D eigenvalue weighted by Gasteiger charge is -2.18. The van der Waals surface area contributed by atoms with Gasteiger partial charge in [0, 0.05) is 30.2 Å². The Hall–Kier alpha value is -3.20. The van der Waals surface area contributed by atoms with Gasteiger partial charge in [-0.3, -0.25) is 4.57 Å². The molecule has 1 aliphatic rings. The van der Waals surface area contributed by atoms with Gasteiger partial charge in [-0.1, -0.05) is 30.3 Å². The van der Waals surface area contributed by atoms with Crippen molar-refractivity contribution in [3.8, 4) is 17.2 Å². The van der Waals surface area contributed by atoms with Gasteiger partial charge in [0.15, 0.2) is 16.3 Å². The number of nitrogens with zero attached hydrogens (tertiary/aromatic N) is 3. The van der Waals surface area contributed by atoms with Crippen LogP contribution in [0, 0.1) is 6.92 Å². The zero-order valence-corrected chi connectivity index (χ0v) is 17.2. The summed E-state index contributed by atoms with van der Waals surface area (Å²) < 4.78 is 37.3. The van der Waals surface area contributed by atoms with Gasteiger partial charge in [-0.15, -0.1) is 20.1 Å². The number of alkyl halides is 2. The number of rotatable bonds is 4. The number of carbonyl (C=O) groups excluding carboxylic acids is 1. The van der Waals surface area contributed by atoms with E-state index in [1.807, 2.05) is 44.2 Å². The number of urea groups is 1. The van der Waals surface area contributed by atoms with Gasteiger partial charge in [0.05, 0.1) is 5.69 Å². The lowest BCUT2D eigenvalue weighted by atomic mass is 10.2. The van der Waals surface area contributed by atoms with Crippen LogP contribution in [0.5, 0.6) is 11.5 Å². The van der Waals surface area contributed by atoms with Gasteiger partial charge >= 0.3 is 12.3 Å². The number of benzene rings is 2. The minimum Gasteiger partial charge on any atom is -0.395 e. The molecule has 2 amide bonds. The molecule has 1 aromatic heterocycles. The number of hydrogen-bond donors (Lipinski definition) is 0. The summed E-state index contributed by atoms with van der Waals surface area (Å²) in [6.45, 7) is 4.72. The highest BCUT2D eigenvalue weighted by molar-refractivity contribution is 7.09. The van der Waals surface area contributed by atoms with E-state index in [1.54, 1.807) is 21.7 Å². The van der Waals surface area contributed by atoms with Crippen molar-refractivity contribution < 1.29 is 23.0 Å². The Morgan fingerprint density at radius 1 is 1.17 bits per heavy atom. The topological polar surface area (TPSA) is 56.1 Å². The zero-order chi connectivity index (χ0) is 21.3. The van der Waals surface area contributed by atoms with Gasteiger partial charge in [-0.05, 0) is 31.5 Å². The van der Waals surface area contributed by atoms with Crippen molar-refractivity contribution in [3.63, 3.8) is 0 Å². The monoisotopic (exact) mass is 431 g/mol. The molecule has 0 aliphatic carbocycles. The number of fused-ring (bicyclic) bond motifs is 1. The lowest BCUT2D eigenvalue weighted by Crippen LogP contribution is -2.29. The van der Waals surface area contributed by atoms with Crippen LogP contribution < -0.4 is 14.3 Å². The molecule has 0 N–H and O–H groups in total. The fraction of sp³-hybridized carbons (Fsp3) is 0.238. The Morgan fingerprint density at radius 3 is 2.63 bits per heavy atom. The van der Waals surface area contributed by atoms with Gasteiger partial charge in [0.25, 0.3) is 0 Å².